The molecule has 0 aliphatic rings. The van der Waals surface area contributed by atoms with E-state index in [1.807, 2.05) is 24.3 Å². The number of carbonyl (C=O) groups is 1. The predicted octanol–water partition coefficient (Wildman–Crippen LogP) is 0.537. The molecule has 0 bridgehead atoms. The molecule has 2 aromatic heterocycles. The average molecular weight is 353 g/mol. The number of hydrogen-bond donors (Lipinski definition) is 2. The lowest BCUT2D eigenvalue weighted by Gasteiger charge is -2.10. The number of carboxylic acids is 1. The standard InChI is InChI=1S/C17H18N6O3/c1-10-13(16(24)25)9-20-23(10)15-7-14(21-17(18)22-15)19-8-11-3-5-12(26-2)6-4-11/h3-7,9H,8H2,1-2H3,(H,24,25)(H3,18,19,21,22)/p-1. The van der Waals surface area contributed by atoms with E-state index in [2.05, 4.69) is 20.4 Å². The topological polar surface area (TPSA) is 131 Å². The molecule has 9 heteroatoms. The van der Waals surface area contributed by atoms with Gasteiger partial charge in [0.1, 0.15) is 11.6 Å². The molecule has 0 aliphatic heterocycles. The number of carbonyl (C=O) groups excluding carboxylic acids is 1. The van der Waals surface area contributed by atoms with E-state index in [-0.39, 0.29) is 11.5 Å². The average Bonchev–Trinajstić information content (AvgIpc) is 3.01. The number of aromatic carboxylic acids is 1. The van der Waals surface area contributed by atoms with Crippen molar-refractivity contribution in [3.05, 3.63) is 53.3 Å². The fraction of sp³-hybridized carbons (Fsp3) is 0.176. The smallest absolute Gasteiger partial charge is 0.224 e. The van der Waals surface area contributed by atoms with E-state index < -0.39 is 5.97 Å². The van der Waals surface area contributed by atoms with E-state index in [9.17, 15) is 9.90 Å². The van der Waals surface area contributed by atoms with Gasteiger partial charge in [-0.3, -0.25) is 0 Å². The summed E-state index contributed by atoms with van der Waals surface area (Å²) in [6, 6.07) is 9.23. The molecule has 0 radical (unpaired) electrons. The highest BCUT2D eigenvalue weighted by Gasteiger charge is 2.12. The van der Waals surface area contributed by atoms with Crippen molar-refractivity contribution >= 4 is 17.7 Å². The van der Waals surface area contributed by atoms with Crippen LogP contribution >= 0.6 is 0 Å². The first-order valence-electron chi connectivity index (χ1n) is 7.75. The molecule has 0 amide bonds. The first-order chi connectivity index (χ1) is 12.5. The molecule has 9 nitrogen and oxygen atoms in total. The molecule has 0 spiro atoms. The van der Waals surface area contributed by atoms with E-state index in [1.54, 1.807) is 20.1 Å². The van der Waals surface area contributed by atoms with Crippen molar-refractivity contribution < 1.29 is 14.6 Å². The summed E-state index contributed by atoms with van der Waals surface area (Å²) in [4.78, 5) is 19.3. The van der Waals surface area contributed by atoms with Crippen LogP contribution in [0.4, 0.5) is 11.8 Å². The molecule has 0 saturated heterocycles. The van der Waals surface area contributed by atoms with Crippen LogP contribution in [0, 0.1) is 6.92 Å². The summed E-state index contributed by atoms with van der Waals surface area (Å²) < 4.78 is 6.51. The van der Waals surface area contributed by atoms with E-state index in [0.717, 1.165) is 11.3 Å². The Morgan fingerprint density at radius 2 is 2.04 bits per heavy atom. The molecule has 0 fully saturated rings. The van der Waals surface area contributed by atoms with Crippen LogP contribution in [-0.4, -0.2) is 32.8 Å². The Morgan fingerprint density at radius 3 is 2.65 bits per heavy atom. The second-order valence-electron chi connectivity index (χ2n) is 5.51. The molecule has 3 rings (SSSR count). The molecular formula is C17H17N6O3-. The lowest BCUT2D eigenvalue weighted by atomic mass is 10.2. The summed E-state index contributed by atoms with van der Waals surface area (Å²) in [5.41, 5.74) is 7.19. The van der Waals surface area contributed by atoms with Crippen LogP contribution in [0.3, 0.4) is 0 Å². The van der Waals surface area contributed by atoms with Gasteiger partial charge in [-0.25, -0.2) is 4.68 Å². The van der Waals surface area contributed by atoms with Crippen LogP contribution in [0.25, 0.3) is 5.82 Å². The fourth-order valence-corrected chi connectivity index (χ4v) is 2.43. The number of benzene rings is 1. The highest BCUT2D eigenvalue weighted by Crippen LogP contribution is 2.17. The molecule has 134 valence electrons. The number of hydrogen-bond acceptors (Lipinski definition) is 8. The van der Waals surface area contributed by atoms with Gasteiger partial charge in [-0.05, 0) is 24.6 Å². The summed E-state index contributed by atoms with van der Waals surface area (Å²) >= 11 is 0. The maximum atomic E-state index is 11.1. The number of aromatic nitrogens is 4. The number of nitrogens with zero attached hydrogens (tertiary/aromatic N) is 4. The zero-order valence-corrected chi connectivity index (χ0v) is 14.3. The molecule has 0 atom stereocenters. The van der Waals surface area contributed by atoms with Crippen molar-refractivity contribution in [2.45, 2.75) is 13.5 Å². The maximum Gasteiger partial charge on any atom is 0.224 e. The minimum Gasteiger partial charge on any atom is -0.545 e. The molecule has 0 saturated carbocycles. The van der Waals surface area contributed by atoms with Gasteiger partial charge < -0.3 is 25.7 Å². The van der Waals surface area contributed by atoms with E-state index in [4.69, 9.17) is 10.5 Å². The van der Waals surface area contributed by atoms with Crippen molar-refractivity contribution in [2.75, 3.05) is 18.2 Å². The monoisotopic (exact) mass is 353 g/mol. The number of nitrogen functional groups attached to an aromatic ring is 1. The second kappa shape index (κ2) is 7.09. The SMILES string of the molecule is COc1ccc(CNc2cc(-n3ncc(C(=O)[O-])c3C)nc(N)n2)cc1. The highest BCUT2D eigenvalue weighted by molar-refractivity contribution is 5.86. The third-order valence-electron chi connectivity index (χ3n) is 3.81. The number of anilines is 2. The number of carboxylic acid groups (broad SMARTS) is 1. The zero-order valence-electron chi connectivity index (χ0n) is 14.3. The Hall–Kier alpha value is -3.62. The lowest BCUT2D eigenvalue weighted by Crippen LogP contribution is -2.22. The fourth-order valence-electron chi connectivity index (χ4n) is 2.43. The van der Waals surface area contributed by atoms with Crippen LogP contribution < -0.4 is 20.9 Å². The van der Waals surface area contributed by atoms with Gasteiger partial charge in [0.25, 0.3) is 0 Å². The lowest BCUT2D eigenvalue weighted by molar-refractivity contribution is -0.255. The van der Waals surface area contributed by atoms with Gasteiger partial charge >= 0.3 is 0 Å². The van der Waals surface area contributed by atoms with Gasteiger partial charge in [0, 0.05) is 18.2 Å². The van der Waals surface area contributed by atoms with Crippen molar-refractivity contribution in [1.29, 1.82) is 0 Å². The third kappa shape index (κ3) is 3.56. The first kappa shape index (κ1) is 17.2. The molecule has 26 heavy (non-hydrogen) atoms. The van der Waals surface area contributed by atoms with Gasteiger partial charge in [0.15, 0.2) is 5.82 Å². The van der Waals surface area contributed by atoms with Crippen LogP contribution in [0.5, 0.6) is 5.75 Å². The molecule has 3 aromatic rings. The van der Waals surface area contributed by atoms with Crippen LogP contribution in [0.2, 0.25) is 0 Å². The number of ether oxygens (including phenoxy) is 1. The molecule has 3 N–H and O–H groups in total. The Labute approximate surface area is 149 Å². The van der Waals surface area contributed by atoms with Gasteiger partial charge in [-0.1, -0.05) is 12.1 Å². The van der Waals surface area contributed by atoms with Gasteiger partial charge in [0.05, 0.1) is 25.0 Å². The number of nitrogens with one attached hydrogen (secondary N) is 1. The van der Waals surface area contributed by atoms with Crippen molar-refractivity contribution in [2.24, 2.45) is 0 Å². The van der Waals surface area contributed by atoms with Crippen LogP contribution in [0.15, 0.2) is 36.5 Å². The minimum atomic E-state index is -1.30. The van der Waals surface area contributed by atoms with Crippen molar-refractivity contribution in [3.8, 4) is 11.6 Å². The highest BCUT2D eigenvalue weighted by atomic mass is 16.5. The quantitative estimate of drug-likeness (QED) is 0.656. The first-order valence-corrected chi connectivity index (χ1v) is 7.75. The third-order valence-corrected chi connectivity index (χ3v) is 3.81. The Morgan fingerprint density at radius 1 is 1.31 bits per heavy atom. The van der Waals surface area contributed by atoms with Crippen LogP contribution in [-0.2, 0) is 6.54 Å². The Balaban J connectivity index is 1.82. The predicted molar refractivity (Wildman–Crippen MR) is 93.0 cm³/mol. The Bertz CT molecular complexity index is 936. The van der Waals surface area contributed by atoms with E-state index in [0.29, 0.717) is 23.9 Å². The Kier molecular flexibility index (Phi) is 4.70. The molecular weight excluding hydrogens is 336 g/mol. The van der Waals surface area contributed by atoms with Gasteiger partial charge in [0.2, 0.25) is 5.95 Å². The van der Waals surface area contributed by atoms with Crippen LogP contribution in [0.1, 0.15) is 21.6 Å². The van der Waals surface area contributed by atoms with Gasteiger partial charge in [-0.15, -0.1) is 0 Å². The number of methoxy groups -OCH3 is 1. The number of nitrogens with two attached hydrogens (primary N) is 1. The normalized spacial score (nSPS) is 10.5. The molecule has 0 unspecified atom stereocenters. The largest absolute Gasteiger partial charge is 0.545 e. The molecule has 2 heterocycles. The maximum absolute atomic E-state index is 11.1. The van der Waals surface area contributed by atoms with E-state index in [1.165, 1.54) is 10.9 Å². The van der Waals surface area contributed by atoms with Crippen molar-refractivity contribution in [1.82, 2.24) is 19.7 Å². The zero-order chi connectivity index (χ0) is 18.7. The summed E-state index contributed by atoms with van der Waals surface area (Å²) in [5, 5.41) is 18.3. The summed E-state index contributed by atoms with van der Waals surface area (Å²) in [6.07, 6.45) is 1.22. The molecule has 0 aliphatic carbocycles. The summed E-state index contributed by atoms with van der Waals surface area (Å²) in [6.45, 7) is 2.13. The minimum absolute atomic E-state index is 0.00470. The van der Waals surface area contributed by atoms with Gasteiger partial charge in [-0.2, -0.15) is 15.1 Å². The number of rotatable bonds is 6. The molecule has 1 aromatic carbocycles. The summed E-state index contributed by atoms with van der Waals surface area (Å²) in [7, 11) is 1.61. The summed E-state index contributed by atoms with van der Waals surface area (Å²) in [5.74, 6) is 0.381. The second-order valence-corrected chi connectivity index (χ2v) is 5.51. The van der Waals surface area contributed by atoms with Crippen molar-refractivity contribution in [3.63, 3.8) is 0 Å². The van der Waals surface area contributed by atoms with E-state index >= 15 is 0 Å².